The Morgan fingerprint density at radius 2 is 2.04 bits per heavy atom. The van der Waals surface area contributed by atoms with Crippen LogP contribution in [-0.2, 0) is 4.79 Å². The lowest BCUT2D eigenvalue weighted by Gasteiger charge is -2.27. The van der Waals surface area contributed by atoms with E-state index in [0.717, 1.165) is 0 Å². The van der Waals surface area contributed by atoms with Gasteiger partial charge >= 0.3 is 0 Å². The maximum Gasteiger partial charge on any atom is 0.261 e. The molecule has 0 saturated heterocycles. The summed E-state index contributed by atoms with van der Waals surface area (Å²) < 4.78 is 11.4. The highest BCUT2D eigenvalue weighted by atomic mass is 32.1. The van der Waals surface area contributed by atoms with Gasteiger partial charge in [-0.1, -0.05) is 18.2 Å². The first-order valence-corrected chi connectivity index (χ1v) is 8.52. The van der Waals surface area contributed by atoms with Crippen LogP contribution in [0.15, 0.2) is 41.8 Å². The van der Waals surface area contributed by atoms with Crippen molar-refractivity contribution in [2.24, 2.45) is 0 Å². The minimum absolute atomic E-state index is 0.251. The van der Waals surface area contributed by atoms with Crippen LogP contribution in [0.4, 0.5) is 0 Å². The first kappa shape index (κ1) is 16.3. The van der Waals surface area contributed by atoms with Gasteiger partial charge in [0.05, 0.1) is 11.4 Å². The molecule has 6 nitrogen and oxygen atoms in total. The summed E-state index contributed by atoms with van der Waals surface area (Å²) in [6, 6.07) is 10.3. The van der Waals surface area contributed by atoms with E-state index in [1.54, 1.807) is 19.1 Å². The molecule has 2 heterocycles. The Morgan fingerprint density at radius 3 is 2.79 bits per heavy atom. The monoisotopic (exact) mass is 346 g/mol. The average molecular weight is 346 g/mol. The number of rotatable bonds is 5. The van der Waals surface area contributed by atoms with Gasteiger partial charge < -0.3 is 20.1 Å². The number of amides is 2. The van der Waals surface area contributed by atoms with Crippen LogP contribution in [0.25, 0.3) is 0 Å². The molecule has 0 unspecified atom stereocenters. The van der Waals surface area contributed by atoms with Crippen molar-refractivity contribution in [3.63, 3.8) is 0 Å². The van der Waals surface area contributed by atoms with Crippen molar-refractivity contribution in [2.75, 3.05) is 13.2 Å². The summed E-state index contributed by atoms with van der Waals surface area (Å²) in [4.78, 5) is 24.6. The number of fused-ring (bicyclic) bond motifs is 1. The van der Waals surface area contributed by atoms with E-state index in [2.05, 4.69) is 10.6 Å². The number of carbonyl (C=O) groups is 2. The van der Waals surface area contributed by atoms with Gasteiger partial charge in [-0.15, -0.1) is 11.3 Å². The quantitative estimate of drug-likeness (QED) is 0.866. The van der Waals surface area contributed by atoms with Gasteiger partial charge in [0.1, 0.15) is 18.8 Å². The Labute approximate surface area is 143 Å². The fourth-order valence-electron chi connectivity index (χ4n) is 2.27. The van der Waals surface area contributed by atoms with Crippen molar-refractivity contribution in [3.05, 3.63) is 46.7 Å². The first-order valence-electron chi connectivity index (χ1n) is 7.64. The van der Waals surface area contributed by atoms with Crippen LogP contribution in [0.5, 0.6) is 11.5 Å². The third-order valence-electron chi connectivity index (χ3n) is 3.56. The fourth-order valence-corrected chi connectivity index (χ4v) is 2.90. The van der Waals surface area contributed by atoms with E-state index in [0.29, 0.717) is 29.5 Å². The zero-order valence-electron chi connectivity index (χ0n) is 13.2. The number of ether oxygens (including phenoxy) is 2. The molecule has 126 valence electrons. The third kappa shape index (κ3) is 3.86. The molecule has 2 atom stereocenters. The number of benzene rings is 1. The molecule has 0 radical (unpaired) electrons. The summed E-state index contributed by atoms with van der Waals surface area (Å²) >= 11 is 1.33. The van der Waals surface area contributed by atoms with E-state index in [-0.39, 0.29) is 17.9 Å². The maximum atomic E-state index is 12.1. The molecule has 7 heteroatoms. The molecule has 0 aliphatic carbocycles. The SMILES string of the molecule is C[C@@H](NC(=O)c1cccs1)C(=O)NC[C@H]1COc2ccccc2O1. The van der Waals surface area contributed by atoms with Crippen LogP contribution in [0.1, 0.15) is 16.6 Å². The molecule has 1 aliphatic heterocycles. The average Bonchev–Trinajstić information content (AvgIpc) is 3.14. The molecule has 0 saturated carbocycles. The van der Waals surface area contributed by atoms with E-state index < -0.39 is 6.04 Å². The standard InChI is InChI=1S/C17H18N2O4S/c1-11(19-17(21)15-7-4-8-24-15)16(20)18-9-12-10-22-13-5-2-3-6-14(13)23-12/h2-8,11-12H,9-10H2,1H3,(H,18,20)(H,19,21)/t11-,12+/m1/s1. The highest BCUT2D eigenvalue weighted by Gasteiger charge is 2.23. The number of nitrogens with one attached hydrogen (secondary N) is 2. The molecule has 1 aromatic heterocycles. The van der Waals surface area contributed by atoms with Crippen molar-refractivity contribution in [1.29, 1.82) is 0 Å². The Hall–Kier alpha value is -2.54. The molecule has 2 amide bonds. The number of hydrogen-bond acceptors (Lipinski definition) is 5. The molecule has 0 bridgehead atoms. The van der Waals surface area contributed by atoms with Gasteiger partial charge in [0.25, 0.3) is 5.91 Å². The van der Waals surface area contributed by atoms with E-state index in [9.17, 15) is 9.59 Å². The Balaban J connectivity index is 1.46. The molecule has 1 aliphatic rings. The molecule has 0 fully saturated rings. The second-order valence-corrected chi connectivity index (χ2v) is 6.36. The summed E-state index contributed by atoms with van der Waals surface area (Å²) in [5.74, 6) is 0.861. The number of para-hydroxylation sites is 2. The molecule has 0 spiro atoms. The molecule has 2 N–H and O–H groups in total. The summed E-state index contributed by atoms with van der Waals surface area (Å²) in [5.41, 5.74) is 0. The van der Waals surface area contributed by atoms with Crippen LogP contribution in [-0.4, -0.2) is 37.1 Å². The predicted octanol–water partition coefficient (Wildman–Crippen LogP) is 1.82. The molecule has 24 heavy (non-hydrogen) atoms. The molecule has 3 rings (SSSR count). The Bertz CT molecular complexity index is 717. The van der Waals surface area contributed by atoms with E-state index >= 15 is 0 Å². The van der Waals surface area contributed by atoms with Crippen LogP contribution >= 0.6 is 11.3 Å². The van der Waals surface area contributed by atoms with Crippen LogP contribution in [0, 0.1) is 0 Å². The van der Waals surface area contributed by atoms with Crippen LogP contribution < -0.4 is 20.1 Å². The van der Waals surface area contributed by atoms with Gasteiger partial charge in [-0.2, -0.15) is 0 Å². The number of hydrogen-bond donors (Lipinski definition) is 2. The van der Waals surface area contributed by atoms with Gasteiger partial charge in [0.15, 0.2) is 11.5 Å². The third-order valence-corrected chi connectivity index (χ3v) is 4.43. The number of thiophene rings is 1. The first-order chi connectivity index (χ1) is 11.6. The zero-order valence-corrected chi connectivity index (χ0v) is 14.0. The van der Waals surface area contributed by atoms with Crippen molar-refractivity contribution in [2.45, 2.75) is 19.1 Å². The second-order valence-electron chi connectivity index (χ2n) is 5.42. The predicted molar refractivity (Wildman–Crippen MR) is 90.6 cm³/mol. The minimum atomic E-state index is -0.628. The van der Waals surface area contributed by atoms with Crippen molar-refractivity contribution in [3.8, 4) is 11.5 Å². The highest BCUT2D eigenvalue weighted by Crippen LogP contribution is 2.30. The molecule has 2 aromatic rings. The van der Waals surface area contributed by atoms with Gasteiger partial charge in [-0.3, -0.25) is 9.59 Å². The summed E-state index contributed by atoms with van der Waals surface area (Å²) in [6.07, 6.45) is -0.260. The normalized spacial score (nSPS) is 17.0. The second kappa shape index (κ2) is 7.35. The number of carbonyl (C=O) groups excluding carboxylic acids is 2. The lowest BCUT2D eigenvalue weighted by Crippen LogP contribution is -2.48. The smallest absolute Gasteiger partial charge is 0.261 e. The highest BCUT2D eigenvalue weighted by molar-refractivity contribution is 7.12. The van der Waals surface area contributed by atoms with Gasteiger partial charge in [-0.25, -0.2) is 0 Å². The van der Waals surface area contributed by atoms with Crippen molar-refractivity contribution < 1.29 is 19.1 Å². The van der Waals surface area contributed by atoms with Crippen LogP contribution in [0.2, 0.25) is 0 Å². The Morgan fingerprint density at radius 1 is 1.25 bits per heavy atom. The van der Waals surface area contributed by atoms with E-state index in [1.165, 1.54) is 11.3 Å². The molecular weight excluding hydrogens is 328 g/mol. The molecular formula is C17H18N2O4S. The largest absolute Gasteiger partial charge is 0.486 e. The van der Waals surface area contributed by atoms with E-state index in [1.807, 2.05) is 29.6 Å². The van der Waals surface area contributed by atoms with Gasteiger partial charge in [0.2, 0.25) is 5.91 Å². The lowest BCUT2D eigenvalue weighted by atomic mass is 10.2. The van der Waals surface area contributed by atoms with Crippen molar-refractivity contribution in [1.82, 2.24) is 10.6 Å². The minimum Gasteiger partial charge on any atom is -0.486 e. The topological polar surface area (TPSA) is 76.7 Å². The summed E-state index contributed by atoms with van der Waals surface area (Å²) in [6.45, 7) is 2.33. The van der Waals surface area contributed by atoms with Crippen molar-refractivity contribution >= 4 is 23.2 Å². The Kier molecular flexibility index (Phi) is 5.00. The van der Waals surface area contributed by atoms with E-state index in [4.69, 9.17) is 9.47 Å². The van der Waals surface area contributed by atoms with Crippen LogP contribution in [0.3, 0.4) is 0 Å². The van der Waals surface area contributed by atoms with Gasteiger partial charge in [0, 0.05) is 0 Å². The summed E-state index contributed by atoms with van der Waals surface area (Å²) in [7, 11) is 0. The fraction of sp³-hybridized carbons (Fsp3) is 0.294. The van der Waals surface area contributed by atoms with Gasteiger partial charge in [-0.05, 0) is 30.5 Å². The maximum absolute atomic E-state index is 12.1. The lowest BCUT2D eigenvalue weighted by molar-refractivity contribution is -0.123. The summed E-state index contributed by atoms with van der Waals surface area (Å²) in [5, 5.41) is 7.27. The zero-order chi connectivity index (χ0) is 16.9. The molecule has 1 aromatic carbocycles.